The van der Waals surface area contributed by atoms with Crippen LogP contribution in [0.3, 0.4) is 0 Å². The van der Waals surface area contributed by atoms with Crippen LogP contribution in [0.5, 0.6) is 0 Å². The van der Waals surface area contributed by atoms with Crippen molar-refractivity contribution in [2.45, 2.75) is 0 Å². The fraction of sp³-hybridized carbons (Fsp3) is 0. The van der Waals surface area contributed by atoms with E-state index in [4.69, 9.17) is 11.5 Å². The van der Waals surface area contributed by atoms with Gasteiger partial charge < -0.3 is 16.5 Å². The van der Waals surface area contributed by atoms with E-state index in [2.05, 4.69) is 4.98 Å². The molecule has 4 heteroatoms. The van der Waals surface area contributed by atoms with Crippen LogP contribution in [0.25, 0.3) is 21.8 Å². The molecule has 0 aliphatic carbocycles. The molecule has 3 rings (SSSR count). The fourth-order valence-corrected chi connectivity index (χ4v) is 2.05. The molecule has 5 N–H and O–H groups in total. The Morgan fingerprint density at radius 2 is 1.71 bits per heavy atom. The summed E-state index contributed by atoms with van der Waals surface area (Å²) in [6, 6.07) is 10.8. The third-order valence-electron chi connectivity index (χ3n) is 2.95. The highest BCUT2D eigenvalue weighted by atomic mass is 16.1. The van der Waals surface area contributed by atoms with Gasteiger partial charge in [-0.2, -0.15) is 0 Å². The molecule has 1 heterocycles. The van der Waals surface area contributed by atoms with Crippen molar-refractivity contribution in [1.82, 2.24) is 4.98 Å². The Labute approximate surface area is 96.9 Å². The summed E-state index contributed by atoms with van der Waals surface area (Å²) in [4.78, 5) is 15.5. The number of aromatic amines is 1. The zero-order valence-electron chi connectivity index (χ0n) is 9.03. The fourth-order valence-electron chi connectivity index (χ4n) is 2.05. The minimum absolute atomic E-state index is 0.0841. The Morgan fingerprint density at radius 3 is 2.53 bits per heavy atom. The van der Waals surface area contributed by atoms with Crippen molar-refractivity contribution in [3.8, 4) is 0 Å². The van der Waals surface area contributed by atoms with E-state index in [9.17, 15) is 4.79 Å². The maximum atomic E-state index is 12.3. The number of para-hydroxylation sites is 1. The molecule has 0 radical (unpaired) electrons. The highest BCUT2D eigenvalue weighted by molar-refractivity contribution is 6.01. The standard InChI is InChI=1S/C13H11N3O/c14-8-5-6-10-11(12(8)15)13(17)7-3-1-2-4-9(7)16-10/h1-6H,14-15H2,(H,16,17). The molecule has 0 bridgehead atoms. The zero-order valence-corrected chi connectivity index (χ0v) is 9.03. The Morgan fingerprint density at radius 1 is 0.941 bits per heavy atom. The van der Waals surface area contributed by atoms with Gasteiger partial charge in [-0.3, -0.25) is 4.79 Å². The number of rotatable bonds is 0. The molecule has 0 saturated heterocycles. The molecule has 0 unspecified atom stereocenters. The van der Waals surface area contributed by atoms with Crippen molar-refractivity contribution < 1.29 is 0 Å². The number of benzene rings is 2. The molecule has 17 heavy (non-hydrogen) atoms. The lowest BCUT2D eigenvalue weighted by Crippen LogP contribution is -2.08. The molecule has 0 amide bonds. The van der Waals surface area contributed by atoms with E-state index >= 15 is 0 Å². The predicted molar refractivity (Wildman–Crippen MR) is 70.9 cm³/mol. The molecule has 0 fully saturated rings. The van der Waals surface area contributed by atoms with Gasteiger partial charge >= 0.3 is 0 Å². The van der Waals surface area contributed by atoms with Gasteiger partial charge in [0.2, 0.25) is 0 Å². The SMILES string of the molecule is Nc1ccc2[nH]c3ccccc3c(=O)c2c1N. The van der Waals surface area contributed by atoms with Gasteiger partial charge in [0.25, 0.3) is 0 Å². The summed E-state index contributed by atoms with van der Waals surface area (Å²) in [5.74, 6) is 0. The average molecular weight is 225 g/mol. The summed E-state index contributed by atoms with van der Waals surface area (Å²) in [5, 5.41) is 1.08. The van der Waals surface area contributed by atoms with Gasteiger partial charge in [0, 0.05) is 10.9 Å². The lowest BCUT2D eigenvalue weighted by molar-refractivity contribution is 1.48. The van der Waals surface area contributed by atoms with Crippen molar-refractivity contribution in [1.29, 1.82) is 0 Å². The van der Waals surface area contributed by atoms with E-state index in [0.717, 1.165) is 5.52 Å². The highest BCUT2D eigenvalue weighted by Crippen LogP contribution is 2.24. The Hall–Kier alpha value is -2.49. The van der Waals surface area contributed by atoms with Gasteiger partial charge in [0.1, 0.15) is 0 Å². The topological polar surface area (TPSA) is 84.9 Å². The monoisotopic (exact) mass is 225 g/mol. The van der Waals surface area contributed by atoms with Crippen LogP contribution in [-0.4, -0.2) is 4.98 Å². The summed E-state index contributed by atoms with van der Waals surface area (Å²) in [7, 11) is 0. The number of pyridine rings is 1. The second-order valence-corrected chi connectivity index (χ2v) is 3.99. The second kappa shape index (κ2) is 3.25. The summed E-state index contributed by atoms with van der Waals surface area (Å²) in [6.07, 6.45) is 0. The maximum absolute atomic E-state index is 12.3. The third-order valence-corrected chi connectivity index (χ3v) is 2.95. The van der Waals surface area contributed by atoms with E-state index in [1.165, 1.54) is 0 Å². The smallest absolute Gasteiger partial charge is 0.199 e. The van der Waals surface area contributed by atoms with Crippen LogP contribution in [0.1, 0.15) is 0 Å². The van der Waals surface area contributed by atoms with E-state index in [0.29, 0.717) is 27.7 Å². The van der Waals surface area contributed by atoms with Gasteiger partial charge in [-0.25, -0.2) is 0 Å². The first-order chi connectivity index (χ1) is 8.18. The number of nitrogens with two attached hydrogens (primary N) is 2. The van der Waals surface area contributed by atoms with Gasteiger partial charge in [-0.15, -0.1) is 0 Å². The summed E-state index contributed by atoms with van der Waals surface area (Å²) >= 11 is 0. The van der Waals surface area contributed by atoms with Crippen LogP contribution in [0.2, 0.25) is 0 Å². The average Bonchev–Trinajstić information content (AvgIpc) is 2.34. The normalized spacial score (nSPS) is 11.1. The molecule has 0 aliphatic heterocycles. The number of hydrogen-bond acceptors (Lipinski definition) is 3. The third kappa shape index (κ3) is 1.27. The molecular formula is C13H11N3O. The van der Waals surface area contributed by atoms with E-state index in [1.54, 1.807) is 18.2 Å². The molecule has 0 atom stereocenters. The number of nitrogens with one attached hydrogen (secondary N) is 1. The summed E-state index contributed by atoms with van der Waals surface area (Å²) in [6.45, 7) is 0. The lowest BCUT2D eigenvalue weighted by atomic mass is 10.1. The van der Waals surface area contributed by atoms with E-state index in [1.807, 2.05) is 18.2 Å². The minimum Gasteiger partial charge on any atom is -0.397 e. The lowest BCUT2D eigenvalue weighted by Gasteiger charge is -2.06. The van der Waals surface area contributed by atoms with Gasteiger partial charge in [0.15, 0.2) is 5.43 Å². The van der Waals surface area contributed by atoms with Crippen LogP contribution >= 0.6 is 0 Å². The molecule has 0 spiro atoms. The first kappa shape index (κ1) is 9.72. The maximum Gasteiger partial charge on any atom is 0.199 e. The molecule has 2 aromatic carbocycles. The molecular weight excluding hydrogens is 214 g/mol. The van der Waals surface area contributed by atoms with Crippen molar-refractivity contribution in [3.05, 3.63) is 46.6 Å². The van der Waals surface area contributed by atoms with Gasteiger partial charge in [-0.05, 0) is 24.3 Å². The molecule has 0 aliphatic rings. The first-order valence-corrected chi connectivity index (χ1v) is 5.27. The van der Waals surface area contributed by atoms with E-state index in [-0.39, 0.29) is 5.43 Å². The quantitative estimate of drug-likeness (QED) is 0.403. The molecule has 4 nitrogen and oxygen atoms in total. The number of H-pyrrole nitrogens is 1. The number of hydrogen-bond donors (Lipinski definition) is 3. The number of anilines is 2. The van der Waals surface area contributed by atoms with Crippen LogP contribution in [0.15, 0.2) is 41.2 Å². The van der Waals surface area contributed by atoms with Gasteiger partial charge in [-0.1, -0.05) is 12.1 Å². The molecule has 3 aromatic rings. The molecule has 84 valence electrons. The summed E-state index contributed by atoms with van der Waals surface area (Å²) in [5.41, 5.74) is 13.8. The van der Waals surface area contributed by atoms with Crippen LogP contribution < -0.4 is 16.9 Å². The van der Waals surface area contributed by atoms with Crippen molar-refractivity contribution in [2.75, 3.05) is 11.5 Å². The highest BCUT2D eigenvalue weighted by Gasteiger charge is 2.09. The zero-order chi connectivity index (χ0) is 12.0. The number of aromatic nitrogens is 1. The molecule has 0 saturated carbocycles. The number of nitrogen functional groups attached to an aromatic ring is 2. The Bertz CT molecular complexity index is 790. The number of fused-ring (bicyclic) bond motifs is 2. The van der Waals surface area contributed by atoms with Gasteiger partial charge in [0.05, 0.1) is 22.3 Å². The van der Waals surface area contributed by atoms with E-state index < -0.39 is 0 Å². The van der Waals surface area contributed by atoms with Crippen molar-refractivity contribution >= 4 is 33.2 Å². The largest absolute Gasteiger partial charge is 0.397 e. The molecule has 1 aromatic heterocycles. The van der Waals surface area contributed by atoms with Crippen molar-refractivity contribution in [3.63, 3.8) is 0 Å². The second-order valence-electron chi connectivity index (χ2n) is 3.99. The van der Waals surface area contributed by atoms with Crippen LogP contribution in [0, 0.1) is 0 Å². The summed E-state index contributed by atoms with van der Waals surface area (Å²) < 4.78 is 0. The van der Waals surface area contributed by atoms with Crippen molar-refractivity contribution in [2.24, 2.45) is 0 Å². The minimum atomic E-state index is -0.0841. The Kier molecular flexibility index (Phi) is 1.86. The first-order valence-electron chi connectivity index (χ1n) is 5.27. The Balaban J connectivity index is 2.66. The predicted octanol–water partition coefficient (Wildman–Crippen LogP) is 1.85. The van der Waals surface area contributed by atoms with Crippen LogP contribution in [0.4, 0.5) is 11.4 Å². The van der Waals surface area contributed by atoms with Crippen LogP contribution in [-0.2, 0) is 0 Å².